The van der Waals surface area contributed by atoms with Crippen molar-refractivity contribution < 1.29 is 9.59 Å². The molecule has 1 N–H and O–H groups in total. The van der Waals surface area contributed by atoms with Gasteiger partial charge >= 0.3 is 0 Å². The Labute approximate surface area is 164 Å². The molecular weight excluding hydrogens is 360 g/mol. The molecule has 1 atom stereocenters. The zero-order valence-corrected chi connectivity index (χ0v) is 16.7. The van der Waals surface area contributed by atoms with E-state index in [9.17, 15) is 9.59 Å². The number of carbonyl (C=O) groups excluding carboxylic acids is 2. The molecule has 0 aromatic carbocycles. The highest BCUT2D eigenvalue weighted by atomic mass is 32.1. The van der Waals surface area contributed by atoms with Crippen molar-refractivity contribution in [2.24, 2.45) is 5.92 Å². The third kappa shape index (κ3) is 4.66. The summed E-state index contributed by atoms with van der Waals surface area (Å²) in [6.45, 7) is 7.14. The molecule has 6 nitrogen and oxygen atoms in total. The summed E-state index contributed by atoms with van der Waals surface area (Å²) >= 11 is 1.44. The molecule has 0 unspecified atom stereocenters. The van der Waals surface area contributed by atoms with Gasteiger partial charge in [-0.25, -0.2) is 4.98 Å². The van der Waals surface area contributed by atoms with Crippen LogP contribution in [0.5, 0.6) is 0 Å². The van der Waals surface area contributed by atoms with E-state index < -0.39 is 0 Å². The minimum Gasteiger partial charge on any atom is -0.357 e. The van der Waals surface area contributed by atoms with Crippen molar-refractivity contribution in [1.82, 2.24) is 9.88 Å². The summed E-state index contributed by atoms with van der Waals surface area (Å²) in [5, 5.41) is 4.85. The van der Waals surface area contributed by atoms with Crippen LogP contribution in [-0.4, -0.2) is 47.9 Å². The number of nitrogens with zero attached hydrogens (tertiary/aromatic N) is 3. The molecule has 2 amide bonds. The maximum Gasteiger partial charge on any atom is 0.263 e. The number of anilines is 2. The Morgan fingerprint density at radius 1 is 1.30 bits per heavy atom. The van der Waals surface area contributed by atoms with Crippen molar-refractivity contribution in [3.05, 3.63) is 40.7 Å². The van der Waals surface area contributed by atoms with Crippen LogP contribution in [0.2, 0.25) is 0 Å². The predicted octanol–water partition coefficient (Wildman–Crippen LogP) is 3.48. The van der Waals surface area contributed by atoms with E-state index in [4.69, 9.17) is 0 Å². The largest absolute Gasteiger partial charge is 0.357 e. The number of carbonyl (C=O) groups is 2. The van der Waals surface area contributed by atoms with Gasteiger partial charge in [-0.1, -0.05) is 6.07 Å². The van der Waals surface area contributed by atoms with Gasteiger partial charge in [0.25, 0.3) is 5.91 Å². The molecule has 1 saturated heterocycles. The highest BCUT2D eigenvalue weighted by Crippen LogP contribution is 2.22. The van der Waals surface area contributed by atoms with E-state index in [0.717, 1.165) is 36.6 Å². The van der Waals surface area contributed by atoms with Gasteiger partial charge in [0.15, 0.2) is 0 Å². The Hall–Kier alpha value is -2.41. The number of nitrogens with one attached hydrogen (secondary N) is 1. The van der Waals surface area contributed by atoms with Crippen LogP contribution in [-0.2, 0) is 4.79 Å². The van der Waals surface area contributed by atoms with E-state index in [1.165, 1.54) is 11.3 Å². The normalized spacial score (nSPS) is 16.8. The monoisotopic (exact) mass is 386 g/mol. The van der Waals surface area contributed by atoms with Crippen molar-refractivity contribution in [3.63, 3.8) is 0 Å². The van der Waals surface area contributed by atoms with Gasteiger partial charge in [0.05, 0.1) is 22.7 Å². The highest BCUT2D eigenvalue weighted by molar-refractivity contribution is 7.12. The van der Waals surface area contributed by atoms with E-state index in [0.29, 0.717) is 18.8 Å². The number of hydrogen-bond donors (Lipinski definition) is 1. The molecule has 3 rings (SSSR count). The summed E-state index contributed by atoms with van der Waals surface area (Å²) in [7, 11) is 0. The molecule has 0 spiro atoms. The number of piperidine rings is 1. The van der Waals surface area contributed by atoms with Gasteiger partial charge in [0.1, 0.15) is 5.82 Å². The van der Waals surface area contributed by atoms with Gasteiger partial charge in [0.2, 0.25) is 5.91 Å². The minimum atomic E-state index is -0.190. The van der Waals surface area contributed by atoms with Crippen LogP contribution in [0.3, 0.4) is 0 Å². The van der Waals surface area contributed by atoms with Crippen LogP contribution in [0.1, 0.15) is 36.4 Å². The first-order chi connectivity index (χ1) is 13.1. The molecule has 2 aromatic heterocycles. The van der Waals surface area contributed by atoms with Crippen LogP contribution in [0.15, 0.2) is 35.8 Å². The summed E-state index contributed by atoms with van der Waals surface area (Å²) in [4.78, 5) is 34.3. The van der Waals surface area contributed by atoms with Crippen LogP contribution < -0.4 is 10.2 Å². The number of thiophene rings is 1. The van der Waals surface area contributed by atoms with Gasteiger partial charge in [-0.2, -0.15) is 0 Å². The summed E-state index contributed by atoms with van der Waals surface area (Å²) in [6, 6.07) is 7.52. The Morgan fingerprint density at radius 3 is 2.74 bits per heavy atom. The lowest BCUT2D eigenvalue weighted by Gasteiger charge is -2.31. The SMILES string of the molecule is CCN(CC)c1ccc(NC(=O)[C@@H]2CCCN(C(=O)c3cccs3)C2)cn1. The Bertz CT molecular complexity index is 757. The molecule has 2 aromatic rings. The molecule has 1 aliphatic heterocycles. The molecule has 1 aliphatic rings. The van der Waals surface area contributed by atoms with Crippen LogP contribution >= 0.6 is 11.3 Å². The fraction of sp³-hybridized carbons (Fsp3) is 0.450. The van der Waals surface area contributed by atoms with Gasteiger partial charge < -0.3 is 15.1 Å². The average molecular weight is 387 g/mol. The number of aromatic nitrogens is 1. The summed E-state index contributed by atoms with van der Waals surface area (Å²) < 4.78 is 0. The predicted molar refractivity (Wildman–Crippen MR) is 109 cm³/mol. The Kier molecular flexibility index (Phi) is 6.45. The van der Waals surface area contributed by atoms with Crippen molar-refractivity contribution >= 4 is 34.7 Å². The highest BCUT2D eigenvalue weighted by Gasteiger charge is 2.29. The third-order valence-corrected chi connectivity index (χ3v) is 5.77. The molecule has 144 valence electrons. The summed E-state index contributed by atoms with van der Waals surface area (Å²) in [6.07, 6.45) is 3.34. The quantitative estimate of drug-likeness (QED) is 0.825. The summed E-state index contributed by atoms with van der Waals surface area (Å²) in [5.41, 5.74) is 0.692. The maximum absolute atomic E-state index is 12.7. The number of amides is 2. The second-order valence-electron chi connectivity index (χ2n) is 6.63. The Morgan fingerprint density at radius 2 is 2.11 bits per heavy atom. The molecule has 27 heavy (non-hydrogen) atoms. The van der Waals surface area contributed by atoms with Gasteiger partial charge in [-0.3, -0.25) is 9.59 Å². The molecule has 0 radical (unpaired) electrons. The Balaban J connectivity index is 1.59. The van der Waals surface area contributed by atoms with E-state index >= 15 is 0 Å². The van der Waals surface area contributed by atoms with Gasteiger partial charge in [-0.15, -0.1) is 11.3 Å². The van der Waals surface area contributed by atoms with E-state index in [1.54, 1.807) is 11.1 Å². The van der Waals surface area contributed by atoms with Crippen molar-refractivity contribution in [3.8, 4) is 0 Å². The number of rotatable bonds is 6. The first kappa shape index (κ1) is 19.4. The minimum absolute atomic E-state index is 0.0211. The van der Waals surface area contributed by atoms with Crippen LogP contribution in [0.4, 0.5) is 11.5 Å². The first-order valence-electron chi connectivity index (χ1n) is 9.47. The lowest BCUT2D eigenvalue weighted by Crippen LogP contribution is -2.43. The second-order valence-corrected chi connectivity index (χ2v) is 7.58. The molecule has 0 saturated carbocycles. The zero-order chi connectivity index (χ0) is 19.2. The van der Waals surface area contributed by atoms with Crippen molar-refractivity contribution in [2.45, 2.75) is 26.7 Å². The third-order valence-electron chi connectivity index (χ3n) is 4.91. The van der Waals surface area contributed by atoms with E-state index in [-0.39, 0.29) is 17.7 Å². The van der Waals surface area contributed by atoms with Crippen molar-refractivity contribution in [2.75, 3.05) is 36.4 Å². The van der Waals surface area contributed by atoms with Crippen molar-refractivity contribution in [1.29, 1.82) is 0 Å². The lowest BCUT2D eigenvalue weighted by molar-refractivity contribution is -0.121. The molecule has 0 bridgehead atoms. The number of pyridine rings is 1. The second kappa shape index (κ2) is 8.99. The molecule has 3 heterocycles. The average Bonchev–Trinajstić information content (AvgIpc) is 3.24. The molecule has 7 heteroatoms. The molecule has 0 aliphatic carbocycles. The van der Waals surface area contributed by atoms with Gasteiger partial charge in [0, 0.05) is 26.2 Å². The zero-order valence-electron chi connectivity index (χ0n) is 15.9. The summed E-state index contributed by atoms with van der Waals surface area (Å²) in [5.74, 6) is 0.692. The lowest BCUT2D eigenvalue weighted by atomic mass is 9.97. The molecule has 1 fully saturated rings. The molecular formula is C20H26N4O2S. The first-order valence-corrected chi connectivity index (χ1v) is 10.3. The van der Waals surface area contributed by atoms with Crippen LogP contribution in [0, 0.1) is 5.92 Å². The van der Waals surface area contributed by atoms with E-state index in [1.807, 2.05) is 29.6 Å². The van der Waals surface area contributed by atoms with E-state index in [2.05, 4.69) is 29.0 Å². The van der Waals surface area contributed by atoms with Crippen LogP contribution in [0.25, 0.3) is 0 Å². The fourth-order valence-electron chi connectivity index (χ4n) is 3.37. The number of likely N-dealkylation sites (tertiary alicyclic amines) is 1. The fourth-order valence-corrected chi connectivity index (χ4v) is 4.06. The standard InChI is InChI=1S/C20H26N4O2S/c1-3-23(4-2)18-10-9-16(13-21-18)22-19(25)15-7-5-11-24(14-15)20(26)17-8-6-12-27-17/h6,8-10,12-13,15H,3-5,7,11,14H2,1-2H3,(H,22,25)/t15-/m1/s1. The maximum atomic E-state index is 12.7. The smallest absolute Gasteiger partial charge is 0.263 e. The topological polar surface area (TPSA) is 65.5 Å². The number of hydrogen-bond acceptors (Lipinski definition) is 5. The van der Waals surface area contributed by atoms with Gasteiger partial charge in [-0.05, 0) is 50.3 Å².